The van der Waals surface area contributed by atoms with Gasteiger partial charge in [0.25, 0.3) is 0 Å². The van der Waals surface area contributed by atoms with Crippen molar-refractivity contribution in [3.8, 4) is 11.3 Å². The zero-order chi connectivity index (χ0) is 13.3. The summed E-state index contributed by atoms with van der Waals surface area (Å²) in [5.41, 5.74) is 1.95. The van der Waals surface area contributed by atoms with Crippen molar-refractivity contribution in [2.24, 2.45) is 7.05 Å². The summed E-state index contributed by atoms with van der Waals surface area (Å²) in [4.78, 5) is 10.7. The number of carboxylic acid groups (broad SMARTS) is 1. The quantitative estimate of drug-likeness (QED) is 0.948. The summed E-state index contributed by atoms with van der Waals surface area (Å²) in [6.07, 6.45) is -0.157. The maximum atomic E-state index is 12.9. The topological polar surface area (TPSA) is 55.1 Å². The second-order valence-corrected chi connectivity index (χ2v) is 4.60. The molecule has 0 saturated carbocycles. The molecule has 0 atom stereocenters. The molecule has 0 unspecified atom stereocenters. The SMILES string of the molecule is Cn1nc(CC(=O)O)c(Br)c1-c1ccc(F)cc1. The second-order valence-electron chi connectivity index (χ2n) is 3.81. The molecule has 0 radical (unpaired) electrons. The summed E-state index contributed by atoms with van der Waals surface area (Å²) in [5, 5.41) is 12.9. The molecule has 4 nitrogen and oxygen atoms in total. The van der Waals surface area contributed by atoms with Gasteiger partial charge in [0, 0.05) is 12.6 Å². The third kappa shape index (κ3) is 2.43. The first-order valence-electron chi connectivity index (χ1n) is 5.18. The molecule has 0 fully saturated rings. The lowest BCUT2D eigenvalue weighted by Gasteiger charge is -2.02. The molecule has 94 valence electrons. The molecule has 0 amide bonds. The zero-order valence-corrected chi connectivity index (χ0v) is 11.1. The van der Waals surface area contributed by atoms with Crippen molar-refractivity contribution in [1.82, 2.24) is 9.78 Å². The number of aliphatic carboxylic acids is 1. The Hall–Kier alpha value is -1.69. The molecular weight excluding hydrogens is 303 g/mol. The van der Waals surface area contributed by atoms with Crippen LogP contribution in [0.2, 0.25) is 0 Å². The lowest BCUT2D eigenvalue weighted by Crippen LogP contribution is -2.02. The number of carbonyl (C=O) groups is 1. The number of aromatic nitrogens is 2. The number of nitrogens with zero attached hydrogens (tertiary/aromatic N) is 2. The molecule has 18 heavy (non-hydrogen) atoms. The minimum Gasteiger partial charge on any atom is -0.481 e. The van der Waals surface area contributed by atoms with Gasteiger partial charge in [0.2, 0.25) is 0 Å². The highest BCUT2D eigenvalue weighted by Crippen LogP contribution is 2.31. The Balaban J connectivity index is 2.48. The minimum atomic E-state index is -0.945. The average molecular weight is 313 g/mol. The first-order chi connectivity index (χ1) is 8.49. The summed E-state index contributed by atoms with van der Waals surface area (Å²) in [5.74, 6) is -1.26. The summed E-state index contributed by atoms with van der Waals surface area (Å²) in [6.45, 7) is 0. The molecular formula is C12H10BrFN2O2. The van der Waals surface area contributed by atoms with Gasteiger partial charge in [-0.2, -0.15) is 5.10 Å². The van der Waals surface area contributed by atoms with Gasteiger partial charge in [-0.15, -0.1) is 0 Å². The fraction of sp³-hybridized carbons (Fsp3) is 0.167. The van der Waals surface area contributed by atoms with Crippen molar-refractivity contribution in [2.75, 3.05) is 0 Å². The van der Waals surface area contributed by atoms with Crippen LogP contribution in [-0.4, -0.2) is 20.9 Å². The summed E-state index contributed by atoms with van der Waals surface area (Å²) < 4.78 is 15.1. The van der Waals surface area contributed by atoms with Crippen LogP contribution in [0.4, 0.5) is 4.39 Å². The number of benzene rings is 1. The standard InChI is InChI=1S/C12H10BrFN2O2/c1-16-12(7-2-4-8(14)5-3-7)11(13)9(15-16)6-10(17)18/h2-5H,6H2,1H3,(H,17,18). The van der Waals surface area contributed by atoms with E-state index in [1.807, 2.05) is 0 Å². The molecule has 0 aliphatic rings. The maximum Gasteiger partial charge on any atom is 0.309 e. The van der Waals surface area contributed by atoms with Crippen LogP contribution in [0.25, 0.3) is 11.3 Å². The van der Waals surface area contributed by atoms with Crippen molar-refractivity contribution in [3.05, 3.63) is 40.2 Å². The van der Waals surface area contributed by atoms with Gasteiger partial charge in [-0.3, -0.25) is 9.48 Å². The molecule has 0 aliphatic heterocycles. The Morgan fingerprint density at radius 2 is 2.06 bits per heavy atom. The van der Waals surface area contributed by atoms with Crippen LogP contribution >= 0.6 is 15.9 Å². The predicted molar refractivity (Wildman–Crippen MR) is 67.6 cm³/mol. The van der Waals surface area contributed by atoms with Crippen molar-refractivity contribution in [1.29, 1.82) is 0 Å². The van der Waals surface area contributed by atoms with Gasteiger partial charge >= 0.3 is 5.97 Å². The molecule has 2 rings (SSSR count). The molecule has 0 spiro atoms. The van der Waals surface area contributed by atoms with Crippen molar-refractivity contribution in [2.45, 2.75) is 6.42 Å². The average Bonchev–Trinajstić information content (AvgIpc) is 2.55. The fourth-order valence-electron chi connectivity index (χ4n) is 1.73. The Labute approximate surface area is 111 Å². The lowest BCUT2D eigenvalue weighted by atomic mass is 10.1. The number of hydrogen-bond acceptors (Lipinski definition) is 2. The van der Waals surface area contributed by atoms with Crippen LogP contribution in [0, 0.1) is 5.82 Å². The number of hydrogen-bond donors (Lipinski definition) is 1. The summed E-state index contributed by atoms with van der Waals surface area (Å²) >= 11 is 3.35. The molecule has 1 aromatic carbocycles. The van der Waals surface area contributed by atoms with Gasteiger partial charge in [-0.1, -0.05) is 0 Å². The van der Waals surface area contributed by atoms with Crippen LogP contribution in [0.3, 0.4) is 0 Å². The molecule has 0 aliphatic carbocycles. The summed E-state index contributed by atoms with van der Waals surface area (Å²) in [6, 6.07) is 5.96. The van der Waals surface area contributed by atoms with Gasteiger partial charge in [0.1, 0.15) is 5.82 Å². The van der Waals surface area contributed by atoms with Gasteiger partial charge < -0.3 is 5.11 Å². The van der Waals surface area contributed by atoms with E-state index in [0.29, 0.717) is 10.2 Å². The highest BCUT2D eigenvalue weighted by atomic mass is 79.9. The van der Waals surface area contributed by atoms with E-state index in [0.717, 1.165) is 11.3 Å². The van der Waals surface area contributed by atoms with Crippen LogP contribution in [0.1, 0.15) is 5.69 Å². The van der Waals surface area contributed by atoms with E-state index in [1.165, 1.54) is 12.1 Å². The van der Waals surface area contributed by atoms with Crippen LogP contribution in [0.15, 0.2) is 28.7 Å². The number of aryl methyl sites for hydroxylation is 1. The number of carboxylic acids is 1. The van der Waals surface area contributed by atoms with Crippen molar-refractivity contribution in [3.63, 3.8) is 0 Å². The van der Waals surface area contributed by atoms with E-state index in [4.69, 9.17) is 5.11 Å². The highest BCUT2D eigenvalue weighted by molar-refractivity contribution is 9.10. The van der Waals surface area contributed by atoms with E-state index in [-0.39, 0.29) is 12.2 Å². The van der Waals surface area contributed by atoms with Crippen molar-refractivity contribution >= 4 is 21.9 Å². The normalized spacial score (nSPS) is 10.6. The van der Waals surface area contributed by atoms with Crippen LogP contribution in [0.5, 0.6) is 0 Å². The zero-order valence-electron chi connectivity index (χ0n) is 9.52. The predicted octanol–water partition coefficient (Wildman–Crippen LogP) is 2.62. The molecule has 1 N–H and O–H groups in total. The highest BCUT2D eigenvalue weighted by Gasteiger charge is 2.17. The van der Waals surface area contributed by atoms with Crippen LogP contribution < -0.4 is 0 Å². The Morgan fingerprint density at radius 1 is 1.44 bits per heavy atom. The van der Waals surface area contributed by atoms with E-state index in [1.54, 1.807) is 23.9 Å². The smallest absolute Gasteiger partial charge is 0.309 e. The third-order valence-electron chi connectivity index (χ3n) is 2.49. The third-order valence-corrected chi connectivity index (χ3v) is 3.33. The molecule has 2 aromatic rings. The monoisotopic (exact) mass is 312 g/mol. The van der Waals surface area contributed by atoms with E-state index < -0.39 is 5.97 Å². The molecule has 0 bridgehead atoms. The van der Waals surface area contributed by atoms with Gasteiger partial charge in [0.05, 0.1) is 22.3 Å². The van der Waals surface area contributed by atoms with Gasteiger partial charge in [0.15, 0.2) is 0 Å². The first kappa shape index (κ1) is 12.8. The Bertz CT molecular complexity index is 593. The molecule has 0 saturated heterocycles. The van der Waals surface area contributed by atoms with E-state index in [9.17, 15) is 9.18 Å². The second kappa shape index (κ2) is 4.89. The lowest BCUT2D eigenvalue weighted by molar-refractivity contribution is -0.136. The molecule has 1 aromatic heterocycles. The van der Waals surface area contributed by atoms with Gasteiger partial charge in [-0.05, 0) is 40.2 Å². The van der Waals surface area contributed by atoms with E-state index >= 15 is 0 Å². The molecule has 6 heteroatoms. The van der Waals surface area contributed by atoms with E-state index in [2.05, 4.69) is 21.0 Å². The van der Waals surface area contributed by atoms with Crippen molar-refractivity contribution < 1.29 is 14.3 Å². The number of halogens is 2. The molecule has 1 heterocycles. The maximum absolute atomic E-state index is 12.9. The largest absolute Gasteiger partial charge is 0.481 e. The van der Waals surface area contributed by atoms with Gasteiger partial charge in [-0.25, -0.2) is 4.39 Å². The number of rotatable bonds is 3. The van der Waals surface area contributed by atoms with Crippen LogP contribution in [-0.2, 0) is 18.3 Å². The Morgan fingerprint density at radius 3 is 2.61 bits per heavy atom. The first-order valence-corrected chi connectivity index (χ1v) is 5.97. The fourth-order valence-corrected chi connectivity index (χ4v) is 2.44. The Kier molecular flexibility index (Phi) is 3.47. The minimum absolute atomic E-state index is 0.157. The summed E-state index contributed by atoms with van der Waals surface area (Å²) in [7, 11) is 1.72.